The largest absolute Gasteiger partial charge is 0.496 e. The second-order valence-electron chi connectivity index (χ2n) is 4.77. The average Bonchev–Trinajstić information content (AvgIpc) is 2.41. The molecule has 5 heteroatoms. The number of hydrogen-bond donors (Lipinski definition) is 1. The Morgan fingerprint density at radius 1 is 1.37 bits per heavy atom. The molecule has 1 amide bonds. The molecule has 0 saturated heterocycles. The van der Waals surface area contributed by atoms with Gasteiger partial charge in [0.15, 0.2) is 0 Å². The highest BCUT2D eigenvalue weighted by Crippen LogP contribution is 2.26. The zero-order valence-electron chi connectivity index (χ0n) is 10.8. The highest BCUT2D eigenvalue weighted by molar-refractivity contribution is 9.09. The molecule has 2 rings (SSSR count). The molecule has 1 aromatic rings. The van der Waals surface area contributed by atoms with E-state index in [1.54, 1.807) is 25.3 Å². The number of benzene rings is 1. The van der Waals surface area contributed by atoms with Crippen LogP contribution in [-0.4, -0.2) is 23.9 Å². The molecule has 0 radical (unpaired) electrons. The van der Waals surface area contributed by atoms with Crippen LogP contribution in [0.25, 0.3) is 0 Å². The molecule has 1 aliphatic carbocycles. The van der Waals surface area contributed by atoms with Gasteiger partial charge in [0.25, 0.3) is 5.91 Å². The first-order valence-corrected chi connectivity index (χ1v) is 7.68. The Balaban J connectivity index is 2.05. The van der Waals surface area contributed by atoms with E-state index in [0.717, 1.165) is 25.7 Å². The van der Waals surface area contributed by atoms with Crippen LogP contribution >= 0.6 is 27.5 Å². The van der Waals surface area contributed by atoms with Crippen molar-refractivity contribution in [2.24, 2.45) is 0 Å². The van der Waals surface area contributed by atoms with Crippen LogP contribution in [-0.2, 0) is 0 Å². The Morgan fingerprint density at radius 3 is 2.68 bits per heavy atom. The molecule has 0 atom stereocenters. The smallest absolute Gasteiger partial charge is 0.255 e. The van der Waals surface area contributed by atoms with Crippen molar-refractivity contribution in [3.63, 3.8) is 0 Å². The minimum absolute atomic E-state index is 0.114. The van der Waals surface area contributed by atoms with Crippen LogP contribution in [0.4, 0.5) is 0 Å². The molecule has 1 N–H and O–H groups in total. The van der Waals surface area contributed by atoms with Crippen molar-refractivity contribution >= 4 is 33.4 Å². The Hall–Kier alpha value is -0.740. The molecular weight excluding hydrogens is 330 g/mol. The second kappa shape index (κ2) is 6.62. The molecular formula is C14H17BrClNO2. The first kappa shape index (κ1) is 14.7. The number of methoxy groups -OCH3 is 1. The van der Waals surface area contributed by atoms with Crippen LogP contribution < -0.4 is 10.1 Å². The maximum absolute atomic E-state index is 12.3. The monoisotopic (exact) mass is 345 g/mol. The minimum Gasteiger partial charge on any atom is -0.496 e. The molecule has 0 spiro atoms. The summed E-state index contributed by atoms with van der Waals surface area (Å²) in [5.41, 5.74) is 0.496. The number of nitrogens with one attached hydrogen (secondary N) is 1. The van der Waals surface area contributed by atoms with Crippen molar-refractivity contribution in [1.82, 2.24) is 5.32 Å². The number of rotatable bonds is 3. The Bertz CT molecular complexity index is 459. The SMILES string of the molecule is COc1ccc(Cl)cc1C(=O)NC1CCC(Br)CC1. The van der Waals surface area contributed by atoms with E-state index >= 15 is 0 Å². The molecule has 0 aromatic heterocycles. The summed E-state index contributed by atoms with van der Waals surface area (Å²) in [5, 5.41) is 3.60. The van der Waals surface area contributed by atoms with Gasteiger partial charge in [-0.05, 0) is 43.9 Å². The normalized spacial score (nSPS) is 22.9. The van der Waals surface area contributed by atoms with E-state index in [2.05, 4.69) is 21.2 Å². The van der Waals surface area contributed by atoms with Crippen molar-refractivity contribution in [2.45, 2.75) is 36.6 Å². The summed E-state index contributed by atoms with van der Waals surface area (Å²) in [6.07, 6.45) is 4.20. The molecule has 104 valence electrons. The van der Waals surface area contributed by atoms with E-state index in [4.69, 9.17) is 16.3 Å². The highest BCUT2D eigenvalue weighted by atomic mass is 79.9. The van der Waals surface area contributed by atoms with E-state index in [9.17, 15) is 4.79 Å². The summed E-state index contributed by atoms with van der Waals surface area (Å²) in [6.45, 7) is 0. The van der Waals surface area contributed by atoms with Crippen LogP contribution in [0.3, 0.4) is 0 Å². The third-order valence-corrected chi connectivity index (χ3v) is 4.55. The fourth-order valence-electron chi connectivity index (χ4n) is 2.32. The van der Waals surface area contributed by atoms with Gasteiger partial charge in [0.05, 0.1) is 12.7 Å². The first-order valence-electron chi connectivity index (χ1n) is 6.38. The first-order chi connectivity index (χ1) is 9.10. The molecule has 0 aliphatic heterocycles. The molecule has 0 bridgehead atoms. The van der Waals surface area contributed by atoms with Gasteiger partial charge in [-0.15, -0.1) is 0 Å². The molecule has 1 saturated carbocycles. The quantitative estimate of drug-likeness (QED) is 0.846. The zero-order valence-corrected chi connectivity index (χ0v) is 13.1. The van der Waals surface area contributed by atoms with Crippen LogP contribution in [0.1, 0.15) is 36.0 Å². The van der Waals surface area contributed by atoms with E-state index in [1.165, 1.54) is 0 Å². The van der Waals surface area contributed by atoms with Gasteiger partial charge in [-0.2, -0.15) is 0 Å². The fraction of sp³-hybridized carbons (Fsp3) is 0.500. The van der Waals surface area contributed by atoms with Gasteiger partial charge in [-0.25, -0.2) is 0 Å². The second-order valence-corrected chi connectivity index (χ2v) is 6.50. The summed E-state index contributed by atoms with van der Waals surface area (Å²) >= 11 is 9.55. The van der Waals surface area contributed by atoms with Gasteiger partial charge in [-0.3, -0.25) is 4.79 Å². The van der Waals surface area contributed by atoms with Crippen LogP contribution in [0.5, 0.6) is 5.75 Å². The van der Waals surface area contributed by atoms with Gasteiger partial charge in [0.2, 0.25) is 0 Å². The predicted octanol–water partition coefficient (Wildman–Crippen LogP) is 3.78. The number of ether oxygens (including phenoxy) is 1. The molecule has 0 unspecified atom stereocenters. The zero-order chi connectivity index (χ0) is 13.8. The van der Waals surface area contributed by atoms with Crippen molar-refractivity contribution in [2.75, 3.05) is 7.11 Å². The van der Waals surface area contributed by atoms with Gasteiger partial charge in [-0.1, -0.05) is 27.5 Å². The Morgan fingerprint density at radius 2 is 2.05 bits per heavy atom. The maximum Gasteiger partial charge on any atom is 0.255 e. The lowest BCUT2D eigenvalue weighted by Gasteiger charge is -2.26. The number of halogens is 2. The predicted molar refractivity (Wildman–Crippen MR) is 80.4 cm³/mol. The molecule has 3 nitrogen and oxygen atoms in total. The maximum atomic E-state index is 12.3. The van der Waals surface area contributed by atoms with Crippen molar-refractivity contribution < 1.29 is 9.53 Å². The van der Waals surface area contributed by atoms with E-state index in [0.29, 0.717) is 21.2 Å². The lowest BCUT2D eigenvalue weighted by Crippen LogP contribution is -2.37. The number of carbonyl (C=O) groups excluding carboxylic acids is 1. The van der Waals surface area contributed by atoms with E-state index in [1.807, 2.05) is 0 Å². The lowest BCUT2D eigenvalue weighted by atomic mass is 9.95. The van der Waals surface area contributed by atoms with Crippen LogP contribution in [0, 0.1) is 0 Å². The van der Waals surface area contributed by atoms with Gasteiger partial charge in [0, 0.05) is 15.9 Å². The summed E-state index contributed by atoms with van der Waals surface area (Å²) < 4.78 is 5.20. The summed E-state index contributed by atoms with van der Waals surface area (Å²) in [6, 6.07) is 5.32. The van der Waals surface area contributed by atoms with Gasteiger partial charge in [0.1, 0.15) is 5.75 Å². The third kappa shape index (κ3) is 3.86. The molecule has 1 aliphatic rings. The summed E-state index contributed by atoms with van der Waals surface area (Å²) in [7, 11) is 1.55. The molecule has 19 heavy (non-hydrogen) atoms. The molecule has 1 fully saturated rings. The topological polar surface area (TPSA) is 38.3 Å². The Kier molecular flexibility index (Phi) is 5.11. The third-order valence-electron chi connectivity index (χ3n) is 3.40. The fourth-order valence-corrected chi connectivity index (χ4v) is 3.02. The Labute approximate surface area is 126 Å². The molecule has 0 heterocycles. The van der Waals surface area contributed by atoms with Crippen LogP contribution in [0.2, 0.25) is 5.02 Å². The van der Waals surface area contributed by atoms with Gasteiger partial charge >= 0.3 is 0 Å². The van der Waals surface area contributed by atoms with Crippen molar-refractivity contribution in [1.29, 1.82) is 0 Å². The summed E-state index contributed by atoms with van der Waals surface area (Å²) in [5.74, 6) is 0.438. The number of carbonyl (C=O) groups is 1. The van der Waals surface area contributed by atoms with E-state index in [-0.39, 0.29) is 11.9 Å². The number of alkyl halides is 1. The minimum atomic E-state index is -0.114. The van der Waals surface area contributed by atoms with Crippen molar-refractivity contribution in [3.8, 4) is 5.75 Å². The summed E-state index contributed by atoms with van der Waals surface area (Å²) in [4.78, 5) is 12.8. The highest BCUT2D eigenvalue weighted by Gasteiger charge is 2.22. The number of amides is 1. The average molecular weight is 347 g/mol. The standard InChI is InChI=1S/C14H17BrClNO2/c1-19-13-7-4-10(16)8-12(13)14(18)17-11-5-2-9(15)3-6-11/h4,7-9,11H,2-3,5-6H2,1H3,(H,17,18). The lowest BCUT2D eigenvalue weighted by molar-refractivity contribution is 0.0925. The van der Waals surface area contributed by atoms with Crippen LogP contribution in [0.15, 0.2) is 18.2 Å². The number of hydrogen-bond acceptors (Lipinski definition) is 2. The molecule has 1 aromatic carbocycles. The van der Waals surface area contributed by atoms with Gasteiger partial charge < -0.3 is 10.1 Å². The van der Waals surface area contributed by atoms with E-state index < -0.39 is 0 Å². The van der Waals surface area contributed by atoms with Crippen molar-refractivity contribution in [3.05, 3.63) is 28.8 Å².